The molecule has 0 spiro atoms. The Morgan fingerprint density at radius 3 is 2.35 bits per heavy atom. The van der Waals surface area contributed by atoms with Crippen molar-refractivity contribution < 1.29 is 18.3 Å². The maximum absolute atomic E-state index is 12.6. The molecule has 90 valence electrons. The molecule has 1 heterocycles. The van der Waals surface area contributed by atoms with Crippen LogP contribution < -0.4 is 0 Å². The summed E-state index contributed by atoms with van der Waals surface area (Å²) in [4.78, 5) is 3.30. The molecule has 0 fully saturated rings. The molecule has 0 aliphatic rings. The molecule has 0 bridgehead atoms. The molecule has 0 saturated heterocycles. The van der Waals surface area contributed by atoms with E-state index in [0.29, 0.717) is 11.3 Å². The van der Waals surface area contributed by atoms with Crippen LogP contribution in [0.5, 0.6) is 0 Å². The number of aliphatic hydroxyl groups is 1. The van der Waals surface area contributed by atoms with Crippen LogP contribution in [-0.2, 0) is 12.8 Å². The number of aliphatic hydroxyl groups excluding tert-OH is 1. The Kier molecular flexibility index (Phi) is 2.89. The minimum atomic E-state index is -4.49. The standard InChI is InChI=1S/C11H9F3N2O/c12-11(13,14)10-15-5-6-16(10)9-3-1-8(7-17)2-4-9/h1-6,17H,7H2. The zero-order valence-corrected chi connectivity index (χ0v) is 8.65. The summed E-state index contributed by atoms with van der Waals surface area (Å²) in [6.45, 7) is -0.143. The van der Waals surface area contributed by atoms with Crippen molar-refractivity contribution in [3.05, 3.63) is 48.0 Å². The Bertz CT molecular complexity index is 502. The Morgan fingerprint density at radius 1 is 1.18 bits per heavy atom. The molecule has 0 saturated carbocycles. The van der Waals surface area contributed by atoms with Gasteiger partial charge < -0.3 is 5.11 Å². The number of rotatable bonds is 2. The number of hydrogen-bond acceptors (Lipinski definition) is 2. The second-order valence-corrected chi connectivity index (χ2v) is 3.44. The number of hydrogen-bond donors (Lipinski definition) is 1. The van der Waals surface area contributed by atoms with E-state index in [9.17, 15) is 13.2 Å². The van der Waals surface area contributed by atoms with Crippen molar-refractivity contribution in [2.24, 2.45) is 0 Å². The first-order valence-corrected chi connectivity index (χ1v) is 4.83. The number of aromatic nitrogens is 2. The second kappa shape index (κ2) is 4.21. The molecule has 2 aromatic rings. The molecule has 1 aromatic heterocycles. The average molecular weight is 242 g/mol. The van der Waals surface area contributed by atoms with Crippen LogP contribution in [-0.4, -0.2) is 14.7 Å². The van der Waals surface area contributed by atoms with Crippen LogP contribution in [0.15, 0.2) is 36.7 Å². The second-order valence-electron chi connectivity index (χ2n) is 3.44. The fourth-order valence-corrected chi connectivity index (χ4v) is 1.48. The Morgan fingerprint density at radius 2 is 1.82 bits per heavy atom. The van der Waals surface area contributed by atoms with Gasteiger partial charge in [0.2, 0.25) is 5.82 Å². The lowest BCUT2D eigenvalue weighted by Crippen LogP contribution is -2.13. The van der Waals surface area contributed by atoms with E-state index >= 15 is 0 Å². The van der Waals surface area contributed by atoms with Gasteiger partial charge in [0.25, 0.3) is 0 Å². The van der Waals surface area contributed by atoms with Gasteiger partial charge in [-0.2, -0.15) is 13.2 Å². The third-order valence-corrected chi connectivity index (χ3v) is 2.29. The van der Waals surface area contributed by atoms with Crippen LogP contribution in [0.4, 0.5) is 13.2 Å². The average Bonchev–Trinajstić information content (AvgIpc) is 2.78. The van der Waals surface area contributed by atoms with E-state index < -0.39 is 12.0 Å². The summed E-state index contributed by atoms with van der Waals surface area (Å²) in [7, 11) is 0. The lowest BCUT2D eigenvalue weighted by Gasteiger charge is -2.10. The Labute approximate surface area is 95.1 Å². The molecule has 6 heteroatoms. The van der Waals surface area contributed by atoms with E-state index in [1.165, 1.54) is 18.3 Å². The molecule has 0 aliphatic heterocycles. The lowest BCUT2D eigenvalue weighted by atomic mass is 10.2. The van der Waals surface area contributed by atoms with Gasteiger partial charge in [0, 0.05) is 18.1 Å². The van der Waals surface area contributed by atoms with Crippen LogP contribution >= 0.6 is 0 Å². The topological polar surface area (TPSA) is 38.0 Å². The Balaban J connectivity index is 2.43. The van der Waals surface area contributed by atoms with Crippen LogP contribution in [0.2, 0.25) is 0 Å². The lowest BCUT2D eigenvalue weighted by molar-refractivity contribution is -0.145. The van der Waals surface area contributed by atoms with Gasteiger partial charge in [-0.15, -0.1) is 0 Å². The zero-order valence-electron chi connectivity index (χ0n) is 8.65. The molecular weight excluding hydrogens is 233 g/mol. The summed E-state index contributed by atoms with van der Waals surface area (Å²) in [5.74, 6) is -0.964. The molecule has 0 radical (unpaired) electrons. The monoisotopic (exact) mass is 242 g/mol. The fraction of sp³-hybridized carbons (Fsp3) is 0.182. The maximum Gasteiger partial charge on any atom is 0.450 e. The highest BCUT2D eigenvalue weighted by Crippen LogP contribution is 2.29. The van der Waals surface area contributed by atoms with E-state index in [-0.39, 0.29) is 6.61 Å². The summed E-state index contributed by atoms with van der Waals surface area (Å²) >= 11 is 0. The predicted molar refractivity (Wildman–Crippen MR) is 54.5 cm³/mol. The van der Waals surface area contributed by atoms with Crippen LogP contribution in [0.25, 0.3) is 5.69 Å². The van der Waals surface area contributed by atoms with Crippen molar-refractivity contribution in [3.63, 3.8) is 0 Å². The van der Waals surface area contributed by atoms with Crippen molar-refractivity contribution >= 4 is 0 Å². The van der Waals surface area contributed by atoms with E-state index in [0.717, 1.165) is 10.8 Å². The van der Waals surface area contributed by atoms with Gasteiger partial charge in [-0.25, -0.2) is 4.98 Å². The quantitative estimate of drug-likeness (QED) is 0.878. The molecule has 0 atom stereocenters. The van der Waals surface area contributed by atoms with Crippen molar-refractivity contribution in [2.45, 2.75) is 12.8 Å². The van der Waals surface area contributed by atoms with E-state index in [1.54, 1.807) is 12.1 Å². The van der Waals surface area contributed by atoms with Crippen molar-refractivity contribution in [1.82, 2.24) is 9.55 Å². The first-order chi connectivity index (χ1) is 8.02. The number of benzene rings is 1. The minimum absolute atomic E-state index is 0.143. The molecular formula is C11H9F3N2O. The van der Waals surface area contributed by atoms with Gasteiger partial charge in [-0.1, -0.05) is 12.1 Å². The molecule has 17 heavy (non-hydrogen) atoms. The summed E-state index contributed by atoms with van der Waals surface area (Å²) in [6.07, 6.45) is -2.14. The van der Waals surface area contributed by atoms with Gasteiger partial charge in [0.05, 0.1) is 6.61 Å². The van der Waals surface area contributed by atoms with Crippen molar-refractivity contribution in [2.75, 3.05) is 0 Å². The maximum atomic E-state index is 12.6. The smallest absolute Gasteiger partial charge is 0.392 e. The van der Waals surface area contributed by atoms with E-state index in [4.69, 9.17) is 5.11 Å². The van der Waals surface area contributed by atoms with E-state index in [2.05, 4.69) is 4.98 Å². The molecule has 2 rings (SSSR count). The molecule has 0 amide bonds. The minimum Gasteiger partial charge on any atom is -0.392 e. The highest BCUT2D eigenvalue weighted by Gasteiger charge is 2.36. The van der Waals surface area contributed by atoms with Gasteiger partial charge in [0.1, 0.15) is 0 Å². The first kappa shape index (κ1) is 11.7. The largest absolute Gasteiger partial charge is 0.450 e. The van der Waals surface area contributed by atoms with Gasteiger partial charge in [-0.3, -0.25) is 4.57 Å². The van der Waals surface area contributed by atoms with Crippen molar-refractivity contribution in [1.29, 1.82) is 0 Å². The summed E-state index contributed by atoms with van der Waals surface area (Å²) in [5, 5.41) is 8.84. The van der Waals surface area contributed by atoms with Gasteiger partial charge >= 0.3 is 6.18 Å². The highest BCUT2D eigenvalue weighted by molar-refractivity contribution is 5.36. The third-order valence-electron chi connectivity index (χ3n) is 2.29. The number of alkyl halides is 3. The number of nitrogens with zero attached hydrogens (tertiary/aromatic N) is 2. The Hall–Kier alpha value is -1.82. The molecule has 1 aromatic carbocycles. The number of imidazole rings is 1. The fourth-order valence-electron chi connectivity index (χ4n) is 1.48. The van der Waals surface area contributed by atoms with Crippen molar-refractivity contribution in [3.8, 4) is 5.69 Å². The summed E-state index contributed by atoms with van der Waals surface area (Å²) in [5.41, 5.74) is 0.995. The van der Waals surface area contributed by atoms with Crippen LogP contribution in [0.3, 0.4) is 0 Å². The van der Waals surface area contributed by atoms with Gasteiger partial charge in [0.15, 0.2) is 0 Å². The molecule has 1 N–H and O–H groups in total. The summed E-state index contributed by atoms with van der Waals surface area (Å²) in [6, 6.07) is 6.13. The predicted octanol–water partition coefficient (Wildman–Crippen LogP) is 2.38. The molecule has 0 aliphatic carbocycles. The van der Waals surface area contributed by atoms with Crippen LogP contribution in [0.1, 0.15) is 11.4 Å². The third kappa shape index (κ3) is 2.31. The first-order valence-electron chi connectivity index (χ1n) is 4.83. The van der Waals surface area contributed by atoms with Crippen LogP contribution in [0, 0.1) is 0 Å². The zero-order chi connectivity index (χ0) is 12.5. The molecule has 0 unspecified atom stereocenters. The number of halogens is 3. The highest BCUT2D eigenvalue weighted by atomic mass is 19.4. The van der Waals surface area contributed by atoms with E-state index in [1.807, 2.05) is 0 Å². The summed E-state index contributed by atoms with van der Waals surface area (Å²) < 4.78 is 38.7. The SMILES string of the molecule is OCc1ccc(-n2ccnc2C(F)(F)F)cc1. The van der Waals surface area contributed by atoms with Gasteiger partial charge in [-0.05, 0) is 17.7 Å². The normalized spacial score (nSPS) is 11.8. The molecule has 3 nitrogen and oxygen atoms in total.